The summed E-state index contributed by atoms with van der Waals surface area (Å²) < 4.78 is 4.27. The molecule has 2 aromatic heterocycles. The highest BCUT2D eigenvalue weighted by molar-refractivity contribution is 5.95. The second-order valence-electron chi connectivity index (χ2n) is 7.39. The number of hydrogen-bond donors (Lipinski definition) is 0. The molecule has 0 bridgehead atoms. The molecule has 0 N–H and O–H groups in total. The maximum Gasteiger partial charge on any atom is 0.227 e. The first-order valence-corrected chi connectivity index (χ1v) is 9.23. The summed E-state index contributed by atoms with van der Waals surface area (Å²) in [6, 6.07) is 0.985. The van der Waals surface area contributed by atoms with E-state index in [0.29, 0.717) is 18.5 Å². The fourth-order valence-corrected chi connectivity index (χ4v) is 4.00. The Labute approximate surface area is 146 Å². The summed E-state index contributed by atoms with van der Waals surface area (Å²) in [7, 11) is 0. The molecule has 1 atom stereocenters. The molecule has 2 aliphatic heterocycles. The van der Waals surface area contributed by atoms with Gasteiger partial charge in [-0.15, -0.1) is 10.2 Å². The molecule has 2 saturated heterocycles. The topological polar surface area (TPSA) is 72.1 Å². The lowest BCUT2D eigenvalue weighted by molar-refractivity contribution is -0.117. The van der Waals surface area contributed by atoms with Crippen LogP contribution in [0.4, 0.5) is 5.69 Å². The van der Waals surface area contributed by atoms with E-state index >= 15 is 0 Å². The van der Waals surface area contributed by atoms with Crippen LogP contribution in [0.3, 0.4) is 0 Å². The van der Waals surface area contributed by atoms with Gasteiger partial charge < -0.3 is 9.47 Å². The molecule has 4 heterocycles. The molecule has 8 heteroatoms. The summed E-state index contributed by atoms with van der Waals surface area (Å²) in [5.41, 5.74) is 0.939. The summed E-state index contributed by atoms with van der Waals surface area (Å²) in [4.78, 5) is 16.2. The first-order valence-electron chi connectivity index (χ1n) is 9.23. The van der Waals surface area contributed by atoms with Crippen molar-refractivity contribution in [2.75, 3.05) is 24.5 Å². The van der Waals surface area contributed by atoms with Gasteiger partial charge in [-0.25, -0.2) is 0 Å². The zero-order valence-corrected chi connectivity index (χ0v) is 14.3. The van der Waals surface area contributed by atoms with E-state index in [9.17, 15) is 4.79 Å². The van der Waals surface area contributed by atoms with Crippen molar-refractivity contribution in [1.82, 2.24) is 29.4 Å². The fraction of sp³-hybridized carbons (Fsp3) is 0.647. The third-order valence-electron chi connectivity index (χ3n) is 5.55. The highest BCUT2D eigenvalue weighted by atomic mass is 16.2. The van der Waals surface area contributed by atoms with Gasteiger partial charge in [0.1, 0.15) is 12.2 Å². The van der Waals surface area contributed by atoms with Crippen LogP contribution in [0.1, 0.15) is 50.0 Å². The number of hydrogen-bond acceptors (Lipinski definition) is 5. The molecule has 132 valence electrons. The summed E-state index contributed by atoms with van der Waals surface area (Å²) >= 11 is 0. The Hall–Kier alpha value is -2.22. The largest absolute Gasteiger partial charge is 0.313 e. The van der Waals surface area contributed by atoms with E-state index in [1.165, 1.54) is 12.8 Å². The van der Waals surface area contributed by atoms with Crippen LogP contribution in [0, 0.1) is 0 Å². The Morgan fingerprint density at radius 2 is 2.08 bits per heavy atom. The van der Waals surface area contributed by atoms with E-state index in [0.717, 1.165) is 50.5 Å². The Kier molecular flexibility index (Phi) is 3.58. The smallest absolute Gasteiger partial charge is 0.227 e. The van der Waals surface area contributed by atoms with E-state index in [1.807, 2.05) is 28.3 Å². The monoisotopic (exact) mass is 341 g/mol. The maximum absolute atomic E-state index is 11.9. The number of nitrogens with zero attached hydrogens (tertiary/aromatic N) is 7. The van der Waals surface area contributed by atoms with Crippen LogP contribution >= 0.6 is 0 Å². The van der Waals surface area contributed by atoms with Crippen molar-refractivity contribution in [2.45, 2.75) is 50.7 Å². The molecule has 2 aromatic rings. The summed E-state index contributed by atoms with van der Waals surface area (Å²) in [5.74, 6) is 1.29. The Morgan fingerprint density at radius 1 is 1.16 bits per heavy atom. The number of rotatable bonds is 5. The number of amides is 1. The van der Waals surface area contributed by atoms with Gasteiger partial charge in [0.2, 0.25) is 5.91 Å². The molecule has 1 saturated carbocycles. The van der Waals surface area contributed by atoms with E-state index in [4.69, 9.17) is 0 Å². The molecule has 8 nitrogen and oxygen atoms in total. The summed E-state index contributed by atoms with van der Waals surface area (Å²) in [6.07, 6.45) is 10.9. The molecular formula is C17H23N7O. The van der Waals surface area contributed by atoms with Crippen LogP contribution in [-0.2, 0) is 11.3 Å². The van der Waals surface area contributed by atoms with Crippen molar-refractivity contribution in [3.05, 3.63) is 24.5 Å². The molecule has 0 radical (unpaired) electrons. The first kappa shape index (κ1) is 15.1. The lowest BCUT2D eigenvalue weighted by atomic mass is 10.3. The van der Waals surface area contributed by atoms with E-state index < -0.39 is 0 Å². The van der Waals surface area contributed by atoms with E-state index in [2.05, 4.69) is 24.8 Å². The number of aromatic nitrogens is 5. The molecule has 5 rings (SSSR count). The van der Waals surface area contributed by atoms with Gasteiger partial charge in [-0.1, -0.05) is 0 Å². The highest BCUT2D eigenvalue weighted by Crippen LogP contribution is 2.35. The molecule has 3 fully saturated rings. The number of carbonyl (C=O) groups excluding carboxylic acids is 1. The van der Waals surface area contributed by atoms with Gasteiger partial charge >= 0.3 is 0 Å². The fourth-order valence-electron chi connectivity index (χ4n) is 4.00. The zero-order valence-electron chi connectivity index (χ0n) is 14.3. The molecular weight excluding hydrogens is 318 g/mol. The average Bonchev–Trinajstić information content (AvgIpc) is 3.07. The lowest BCUT2D eigenvalue weighted by Gasteiger charge is -2.16. The normalized spacial score (nSPS) is 24.6. The van der Waals surface area contributed by atoms with Crippen LogP contribution in [0.2, 0.25) is 0 Å². The average molecular weight is 341 g/mol. The summed E-state index contributed by atoms with van der Waals surface area (Å²) in [6.45, 7) is 3.68. The minimum atomic E-state index is 0.215. The van der Waals surface area contributed by atoms with Crippen molar-refractivity contribution in [3.63, 3.8) is 0 Å². The molecule has 1 amide bonds. The number of likely N-dealkylation sites (tertiary alicyclic amines) is 1. The van der Waals surface area contributed by atoms with Crippen molar-refractivity contribution >= 4 is 11.6 Å². The van der Waals surface area contributed by atoms with Crippen LogP contribution in [0.5, 0.6) is 0 Å². The van der Waals surface area contributed by atoms with Gasteiger partial charge in [0.05, 0.1) is 24.5 Å². The van der Waals surface area contributed by atoms with Gasteiger partial charge in [0, 0.05) is 38.3 Å². The maximum atomic E-state index is 11.9. The third kappa shape index (κ3) is 2.84. The van der Waals surface area contributed by atoms with Gasteiger partial charge in [-0.05, 0) is 25.7 Å². The van der Waals surface area contributed by atoms with Gasteiger partial charge in [-0.2, -0.15) is 5.10 Å². The van der Waals surface area contributed by atoms with Crippen molar-refractivity contribution in [1.29, 1.82) is 0 Å². The second kappa shape index (κ2) is 5.94. The quantitative estimate of drug-likeness (QED) is 0.822. The predicted molar refractivity (Wildman–Crippen MR) is 91.0 cm³/mol. The molecule has 3 aliphatic rings. The van der Waals surface area contributed by atoms with Gasteiger partial charge in [0.25, 0.3) is 0 Å². The van der Waals surface area contributed by atoms with Crippen molar-refractivity contribution in [2.24, 2.45) is 0 Å². The molecule has 0 aromatic carbocycles. The van der Waals surface area contributed by atoms with E-state index in [1.54, 1.807) is 0 Å². The standard InChI is InChI=1S/C17H23N7O/c25-17-2-1-6-22(17)15-8-19-24(10-15)14-5-7-21(9-14)11-16-20-18-12-23(16)13-3-4-13/h8,10,12-14H,1-7,9,11H2. The highest BCUT2D eigenvalue weighted by Gasteiger charge is 2.30. The molecule has 25 heavy (non-hydrogen) atoms. The number of anilines is 1. The Bertz CT molecular complexity index is 778. The van der Waals surface area contributed by atoms with Gasteiger partial charge in [-0.3, -0.25) is 14.4 Å². The Morgan fingerprint density at radius 3 is 2.88 bits per heavy atom. The minimum absolute atomic E-state index is 0.215. The molecule has 1 unspecified atom stereocenters. The lowest BCUT2D eigenvalue weighted by Crippen LogP contribution is -2.24. The van der Waals surface area contributed by atoms with Crippen LogP contribution < -0.4 is 4.90 Å². The number of carbonyl (C=O) groups is 1. The SMILES string of the molecule is O=C1CCCN1c1cnn(C2CCN(Cc3nncn3C3CC3)C2)c1. The van der Waals surface area contributed by atoms with Gasteiger partial charge in [0.15, 0.2) is 0 Å². The van der Waals surface area contributed by atoms with Crippen molar-refractivity contribution < 1.29 is 4.79 Å². The Balaban J connectivity index is 1.24. The molecule has 0 spiro atoms. The van der Waals surface area contributed by atoms with Crippen molar-refractivity contribution in [3.8, 4) is 0 Å². The zero-order chi connectivity index (χ0) is 16.8. The third-order valence-corrected chi connectivity index (χ3v) is 5.55. The first-order chi connectivity index (χ1) is 12.3. The van der Waals surface area contributed by atoms with Crippen LogP contribution in [0.15, 0.2) is 18.7 Å². The second-order valence-corrected chi connectivity index (χ2v) is 7.39. The summed E-state index contributed by atoms with van der Waals surface area (Å²) in [5, 5.41) is 12.9. The van der Waals surface area contributed by atoms with Crippen LogP contribution in [-0.4, -0.2) is 55.0 Å². The van der Waals surface area contributed by atoms with Crippen LogP contribution in [0.25, 0.3) is 0 Å². The predicted octanol–water partition coefficient (Wildman–Crippen LogP) is 1.38. The molecule has 1 aliphatic carbocycles. The van der Waals surface area contributed by atoms with E-state index in [-0.39, 0.29) is 5.91 Å². The minimum Gasteiger partial charge on any atom is -0.313 e.